The predicted octanol–water partition coefficient (Wildman–Crippen LogP) is 8.94. The minimum atomic E-state index is -1.41. The molecule has 2 aliphatic carbocycles. The summed E-state index contributed by atoms with van der Waals surface area (Å²) in [5, 5.41) is 36.0. The van der Waals surface area contributed by atoms with Crippen molar-refractivity contribution in [3.63, 3.8) is 0 Å². The number of hydrogen-bond donors (Lipinski definition) is 2. The monoisotopic (exact) mass is 791 g/mol. The van der Waals surface area contributed by atoms with E-state index in [-0.39, 0.29) is 61.7 Å². The number of nitro benzene ring substituents is 1. The normalized spacial score (nSPS) is 24.4. The number of aliphatic hydroxyl groups excluding tert-OH is 2. The number of rotatable bonds is 20. The number of benzene rings is 2. The standard InChI is InChI=1S/C44H61N3O10/c1-7-21-46(42(50)53-29-43(4,5)6)39-28-37(45-55-9-3)35-25-30(15-10-12-22-48)34(18-11-13-23-49)40-36-27-33(56-32-17-14-16-31(26-32)47(51)52)19-20-38(36)57-44(39,41(35)40)54-24-8-2/h8,14,16-17,19-20,25-27,30,34,39-41,48-49H,2,7,9-13,15,18,21-24,28-29H2,1,3-6H3/t30-,34+,39-,40+,41+,44+/m0/s1. The summed E-state index contributed by atoms with van der Waals surface area (Å²) in [5.74, 6) is -0.700. The highest BCUT2D eigenvalue weighted by Crippen LogP contribution is 2.62. The number of nitrogens with zero attached hydrogens (tertiary/aromatic N) is 3. The highest BCUT2D eigenvalue weighted by molar-refractivity contribution is 6.03. The number of amides is 1. The van der Waals surface area contributed by atoms with Gasteiger partial charge in [0.25, 0.3) is 5.69 Å². The topological polar surface area (TPSA) is 162 Å². The van der Waals surface area contributed by atoms with Crippen molar-refractivity contribution in [3.8, 4) is 17.2 Å². The minimum Gasteiger partial charge on any atom is -0.459 e. The first-order valence-electron chi connectivity index (χ1n) is 20.5. The lowest BCUT2D eigenvalue weighted by molar-refractivity contribution is -0.384. The van der Waals surface area contributed by atoms with Crippen LogP contribution in [0.2, 0.25) is 0 Å². The molecule has 3 aliphatic rings. The van der Waals surface area contributed by atoms with E-state index in [0.717, 1.165) is 36.8 Å². The first-order chi connectivity index (χ1) is 27.4. The zero-order chi connectivity index (χ0) is 41.2. The molecule has 5 rings (SSSR count). The molecule has 13 nitrogen and oxygen atoms in total. The molecular weight excluding hydrogens is 730 g/mol. The van der Waals surface area contributed by atoms with Crippen LogP contribution >= 0.6 is 0 Å². The van der Waals surface area contributed by atoms with Gasteiger partial charge in [0.15, 0.2) is 0 Å². The molecule has 2 aromatic carbocycles. The fourth-order valence-corrected chi connectivity index (χ4v) is 8.63. The van der Waals surface area contributed by atoms with Gasteiger partial charge in [-0.1, -0.05) is 63.9 Å². The molecule has 6 atom stereocenters. The van der Waals surface area contributed by atoms with Gasteiger partial charge in [-0.25, -0.2) is 4.79 Å². The Morgan fingerprint density at radius 3 is 2.49 bits per heavy atom. The average molecular weight is 792 g/mol. The van der Waals surface area contributed by atoms with E-state index in [1.54, 1.807) is 29.2 Å². The second-order valence-corrected chi connectivity index (χ2v) is 16.4. The van der Waals surface area contributed by atoms with Gasteiger partial charge in [-0.3, -0.25) is 15.0 Å². The molecule has 0 unspecified atom stereocenters. The van der Waals surface area contributed by atoms with Crippen molar-refractivity contribution in [2.75, 3.05) is 39.6 Å². The molecule has 2 aromatic rings. The third kappa shape index (κ3) is 10.2. The summed E-state index contributed by atoms with van der Waals surface area (Å²) in [6, 6.07) is 11.0. The van der Waals surface area contributed by atoms with E-state index < -0.39 is 28.8 Å². The minimum absolute atomic E-state index is 0.0194. The molecule has 312 valence electrons. The maximum Gasteiger partial charge on any atom is 0.410 e. The van der Waals surface area contributed by atoms with E-state index in [1.165, 1.54) is 12.1 Å². The van der Waals surface area contributed by atoms with Crippen LogP contribution in [0.3, 0.4) is 0 Å². The van der Waals surface area contributed by atoms with Gasteiger partial charge in [-0.05, 0) is 86.1 Å². The van der Waals surface area contributed by atoms with Gasteiger partial charge < -0.3 is 34.0 Å². The summed E-state index contributed by atoms with van der Waals surface area (Å²) in [5.41, 5.74) is 2.16. The van der Waals surface area contributed by atoms with E-state index in [2.05, 4.69) is 12.7 Å². The van der Waals surface area contributed by atoms with Crippen LogP contribution in [0.1, 0.15) is 97.5 Å². The predicted molar refractivity (Wildman–Crippen MR) is 218 cm³/mol. The Balaban J connectivity index is 1.76. The first-order valence-corrected chi connectivity index (χ1v) is 20.5. The summed E-state index contributed by atoms with van der Waals surface area (Å²) in [6.07, 6.45) is 8.90. The van der Waals surface area contributed by atoms with Crippen molar-refractivity contribution in [2.45, 2.75) is 104 Å². The zero-order valence-electron chi connectivity index (χ0n) is 34.2. The average Bonchev–Trinajstić information content (AvgIpc) is 3.18. The summed E-state index contributed by atoms with van der Waals surface area (Å²) < 4.78 is 26.5. The molecular formula is C44H61N3O10. The Bertz CT molecular complexity index is 1760. The van der Waals surface area contributed by atoms with Crippen LogP contribution in [0.25, 0.3) is 0 Å². The van der Waals surface area contributed by atoms with Crippen molar-refractivity contribution >= 4 is 17.5 Å². The fourth-order valence-electron chi connectivity index (χ4n) is 8.63. The number of unbranched alkanes of at least 4 members (excludes halogenated alkanes) is 2. The van der Waals surface area contributed by atoms with Gasteiger partial charge in [0.05, 0.1) is 35.8 Å². The zero-order valence-corrected chi connectivity index (χ0v) is 34.2. The number of oxime groups is 1. The molecule has 0 bridgehead atoms. The molecule has 2 N–H and O–H groups in total. The van der Waals surface area contributed by atoms with Crippen molar-refractivity contribution in [3.05, 3.63) is 82.4 Å². The number of non-ortho nitro benzene ring substituents is 1. The smallest absolute Gasteiger partial charge is 0.410 e. The molecule has 1 heterocycles. The van der Waals surface area contributed by atoms with E-state index in [4.69, 9.17) is 28.9 Å². The number of carbonyl (C=O) groups is 1. The lowest BCUT2D eigenvalue weighted by atomic mass is 9.55. The Morgan fingerprint density at radius 1 is 1.09 bits per heavy atom. The van der Waals surface area contributed by atoms with E-state index in [1.807, 2.05) is 46.8 Å². The van der Waals surface area contributed by atoms with E-state index >= 15 is 0 Å². The quantitative estimate of drug-likeness (QED) is 0.0573. The molecule has 1 saturated carbocycles. The van der Waals surface area contributed by atoms with Gasteiger partial charge in [-0.15, -0.1) is 6.58 Å². The van der Waals surface area contributed by atoms with Gasteiger partial charge in [0, 0.05) is 43.7 Å². The molecule has 1 amide bonds. The SMILES string of the molecule is C=CCO[C@@]12Oc3ccc(Oc4cccc([N+](=O)[O-])c4)cc3[C@H]3[C@H](CCCCO)[C@@H](CCCCO)C=C(C(=NOCC)C[C@@H]1N(CCC)C(=O)OCC(C)(C)C)[C@H]32. The van der Waals surface area contributed by atoms with Crippen LogP contribution in [0.5, 0.6) is 17.2 Å². The molecule has 0 saturated heterocycles. The Kier molecular flexibility index (Phi) is 15.2. The van der Waals surface area contributed by atoms with Gasteiger partial charge in [-0.2, -0.15) is 0 Å². The summed E-state index contributed by atoms with van der Waals surface area (Å²) in [6.45, 7) is 15.2. The number of ether oxygens (including phenoxy) is 4. The third-order valence-corrected chi connectivity index (χ3v) is 10.9. The van der Waals surface area contributed by atoms with Crippen molar-refractivity contribution in [1.29, 1.82) is 0 Å². The van der Waals surface area contributed by atoms with Crippen LogP contribution in [0.15, 0.2) is 71.9 Å². The molecule has 1 aliphatic heterocycles. The van der Waals surface area contributed by atoms with Gasteiger partial charge in [0.1, 0.15) is 29.9 Å². The highest BCUT2D eigenvalue weighted by Gasteiger charge is 2.65. The van der Waals surface area contributed by atoms with Gasteiger partial charge in [0.2, 0.25) is 5.79 Å². The second kappa shape index (κ2) is 19.8. The Morgan fingerprint density at radius 2 is 1.82 bits per heavy atom. The Hall–Kier alpha value is -4.46. The van der Waals surface area contributed by atoms with Crippen LogP contribution in [-0.2, 0) is 14.3 Å². The second-order valence-electron chi connectivity index (χ2n) is 16.4. The van der Waals surface area contributed by atoms with Crippen LogP contribution in [0.4, 0.5) is 10.5 Å². The summed E-state index contributed by atoms with van der Waals surface area (Å²) >= 11 is 0. The number of hydrogen-bond acceptors (Lipinski definition) is 11. The van der Waals surface area contributed by atoms with E-state index in [9.17, 15) is 25.1 Å². The molecule has 0 spiro atoms. The first kappa shape index (κ1) is 43.7. The van der Waals surface area contributed by atoms with Crippen molar-refractivity contribution in [1.82, 2.24) is 4.90 Å². The molecule has 0 radical (unpaired) electrons. The van der Waals surface area contributed by atoms with E-state index in [0.29, 0.717) is 55.4 Å². The van der Waals surface area contributed by atoms with Crippen molar-refractivity contribution < 1.29 is 43.7 Å². The van der Waals surface area contributed by atoms with Crippen LogP contribution < -0.4 is 9.47 Å². The molecule has 57 heavy (non-hydrogen) atoms. The number of fused-ring (bicyclic) bond motifs is 2. The highest BCUT2D eigenvalue weighted by atomic mass is 16.7. The van der Waals surface area contributed by atoms with Crippen LogP contribution in [-0.4, -0.2) is 83.2 Å². The maximum absolute atomic E-state index is 14.3. The third-order valence-electron chi connectivity index (χ3n) is 10.9. The lowest BCUT2D eigenvalue weighted by Crippen LogP contribution is -2.70. The largest absolute Gasteiger partial charge is 0.459 e. The number of nitro groups is 1. The Labute approximate surface area is 336 Å². The molecule has 13 heteroatoms. The van der Waals surface area contributed by atoms with Crippen molar-refractivity contribution in [2.24, 2.45) is 28.3 Å². The number of aliphatic hydroxyl groups is 2. The molecule has 0 aromatic heterocycles. The molecule has 1 fully saturated rings. The number of carbonyl (C=O) groups excluding carboxylic acids is 1. The van der Waals surface area contributed by atoms with Gasteiger partial charge >= 0.3 is 6.09 Å². The lowest BCUT2D eigenvalue weighted by Gasteiger charge is -2.60. The fraction of sp³-hybridized carbons (Fsp3) is 0.591. The van der Waals surface area contributed by atoms with Crippen LogP contribution in [0, 0.1) is 33.3 Å². The summed E-state index contributed by atoms with van der Waals surface area (Å²) in [7, 11) is 0. The maximum atomic E-state index is 14.3. The summed E-state index contributed by atoms with van der Waals surface area (Å²) in [4.78, 5) is 33.0. The number of allylic oxidation sites excluding steroid dienone is 1.